The van der Waals surface area contributed by atoms with Gasteiger partial charge in [0.1, 0.15) is 12.2 Å². The summed E-state index contributed by atoms with van der Waals surface area (Å²) in [5, 5.41) is 1.60. The molecule has 0 unspecified atom stereocenters. The Morgan fingerprint density at radius 2 is 1.71 bits per heavy atom. The smallest absolute Gasteiger partial charge is 0.330 e. The number of esters is 1. The largest absolute Gasteiger partial charge is 0.466 e. The Labute approximate surface area is 125 Å². The topological polar surface area (TPSA) is 72.9 Å². The third-order valence-electron chi connectivity index (χ3n) is 3.36. The molecule has 0 aromatic carbocycles. The molecule has 1 fully saturated rings. The molecule has 0 aromatic heterocycles. The second kappa shape index (κ2) is 7.54. The van der Waals surface area contributed by atoms with Crippen LogP contribution in [0, 0.1) is 11.3 Å². The lowest BCUT2D eigenvalue weighted by Gasteiger charge is -2.31. The zero-order valence-electron chi connectivity index (χ0n) is 13.3. The molecule has 1 saturated heterocycles. The van der Waals surface area contributed by atoms with E-state index in [0.717, 1.165) is 0 Å². The Balaban J connectivity index is 2.37. The van der Waals surface area contributed by atoms with Crippen molar-refractivity contribution in [2.75, 3.05) is 19.7 Å². The fourth-order valence-electron chi connectivity index (χ4n) is 2.02. The van der Waals surface area contributed by atoms with E-state index in [1.54, 1.807) is 32.8 Å². The summed E-state index contributed by atoms with van der Waals surface area (Å²) in [7, 11) is 0. The summed E-state index contributed by atoms with van der Waals surface area (Å²) in [5.41, 5.74) is -0.545. The second-order valence-corrected chi connectivity index (χ2v) is 6.28. The Kier molecular flexibility index (Phi) is 6.33. The molecule has 0 aliphatic carbocycles. The van der Waals surface area contributed by atoms with Crippen molar-refractivity contribution in [3.63, 3.8) is 0 Å². The number of hydrogen-bond acceptors (Lipinski definition) is 6. The van der Waals surface area contributed by atoms with Crippen molar-refractivity contribution >= 4 is 17.7 Å². The summed E-state index contributed by atoms with van der Waals surface area (Å²) < 4.78 is 4.78. The van der Waals surface area contributed by atoms with Crippen molar-refractivity contribution in [2.24, 2.45) is 11.3 Å². The van der Waals surface area contributed by atoms with Gasteiger partial charge in [0.25, 0.3) is 0 Å². The summed E-state index contributed by atoms with van der Waals surface area (Å²) in [4.78, 5) is 40.3. The van der Waals surface area contributed by atoms with Gasteiger partial charge in [-0.2, -0.15) is 0 Å². The van der Waals surface area contributed by atoms with Gasteiger partial charge < -0.3 is 9.57 Å². The maximum atomic E-state index is 11.9. The van der Waals surface area contributed by atoms with E-state index in [9.17, 15) is 14.4 Å². The Hall–Kier alpha value is -1.43. The van der Waals surface area contributed by atoms with E-state index in [1.807, 2.05) is 0 Å². The molecule has 0 atom stereocenters. The van der Waals surface area contributed by atoms with Crippen LogP contribution in [0.5, 0.6) is 0 Å². The van der Waals surface area contributed by atoms with Crippen LogP contribution in [-0.4, -0.2) is 42.5 Å². The summed E-state index contributed by atoms with van der Waals surface area (Å²) >= 11 is 0. The molecule has 0 aromatic rings. The first-order valence-electron chi connectivity index (χ1n) is 7.39. The van der Waals surface area contributed by atoms with Gasteiger partial charge in [0.2, 0.25) is 0 Å². The van der Waals surface area contributed by atoms with Crippen LogP contribution >= 0.6 is 0 Å². The molecule has 1 aliphatic rings. The molecule has 6 heteroatoms. The van der Waals surface area contributed by atoms with Gasteiger partial charge in [-0.1, -0.05) is 0 Å². The fraction of sp³-hybridized carbons (Fsp3) is 0.800. The Bertz CT molecular complexity index is 391. The van der Waals surface area contributed by atoms with Crippen molar-refractivity contribution in [1.82, 2.24) is 5.06 Å². The minimum atomic E-state index is -0.545. The zero-order valence-corrected chi connectivity index (χ0v) is 13.3. The molecule has 0 saturated carbocycles. The van der Waals surface area contributed by atoms with Gasteiger partial charge in [0, 0.05) is 19.0 Å². The van der Waals surface area contributed by atoms with Crippen LogP contribution in [0.1, 0.15) is 47.0 Å². The van der Waals surface area contributed by atoms with Crippen molar-refractivity contribution in [2.45, 2.75) is 47.0 Å². The van der Waals surface area contributed by atoms with Crippen LogP contribution in [0.4, 0.5) is 0 Å². The third-order valence-corrected chi connectivity index (χ3v) is 3.36. The molecule has 0 amide bonds. The third kappa shape index (κ3) is 5.83. The minimum absolute atomic E-state index is 0.0877. The highest BCUT2D eigenvalue weighted by Gasteiger charge is 2.31. The number of Topliss-reactive ketones (excluding diaryl/α,β-unsaturated/α-hetero) is 1. The molecule has 6 nitrogen and oxygen atoms in total. The van der Waals surface area contributed by atoms with Crippen molar-refractivity contribution < 1.29 is 24.0 Å². The summed E-state index contributed by atoms with van der Waals surface area (Å²) in [6.07, 6.45) is 1.02. The highest BCUT2D eigenvalue weighted by atomic mass is 16.7. The number of piperidine rings is 1. The molecule has 0 bridgehead atoms. The first-order valence-corrected chi connectivity index (χ1v) is 7.39. The van der Waals surface area contributed by atoms with E-state index in [-0.39, 0.29) is 30.7 Å². The Morgan fingerprint density at radius 3 is 2.19 bits per heavy atom. The quantitative estimate of drug-likeness (QED) is 0.568. The van der Waals surface area contributed by atoms with E-state index >= 15 is 0 Å². The number of hydrogen-bond donors (Lipinski definition) is 0. The minimum Gasteiger partial charge on any atom is -0.466 e. The number of hydroxylamine groups is 2. The molecule has 0 spiro atoms. The van der Waals surface area contributed by atoms with Crippen LogP contribution in [0.25, 0.3) is 0 Å². The first kappa shape index (κ1) is 17.6. The van der Waals surface area contributed by atoms with Crippen molar-refractivity contribution in [1.29, 1.82) is 0 Å². The first-order chi connectivity index (χ1) is 9.74. The van der Waals surface area contributed by atoms with E-state index in [0.29, 0.717) is 25.9 Å². The van der Waals surface area contributed by atoms with E-state index in [1.165, 1.54) is 0 Å². The number of rotatable bonds is 5. The van der Waals surface area contributed by atoms with Gasteiger partial charge in [-0.25, -0.2) is 4.79 Å². The van der Waals surface area contributed by atoms with Gasteiger partial charge in [-0.05, 0) is 40.5 Å². The number of ketones is 1. The molecular formula is C15H25NO5. The lowest BCUT2D eigenvalue weighted by atomic mass is 9.92. The maximum absolute atomic E-state index is 11.9. The molecule has 21 heavy (non-hydrogen) atoms. The van der Waals surface area contributed by atoms with Gasteiger partial charge in [-0.15, -0.1) is 5.06 Å². The summed E-state index contributed by atoms with van der Waals surface area (Å²) in [6, 6.07) is 0. The van der Waals surface area contributed by atoms with Gasteiger partial charge in [0.15, 0.2) is 0 Å². The van der Waals surface area contributed by atoms with E-state index in [2.05, 4.69) is 0 Å². The Morgan fingerprint density at radius 1 is 1.14 bits per heavy atom. The lowest BCUT2D eigenvalue weighted by Crippen LogP contribution is -2.40. The molecule has 120 valence electrons. The SMILES string of the molecule is CCOC(=O)CC(=O)C1CCN(OC(=O)C(C)(C)C)CC1. The van der Waals surface area contributed by atoms with Gasteiger partial charge in [0.05, 0.1) is 12.0 Å². The van der Waals surface area contributed by atoms with Crippen LogP contribution < -0.4 is 0 Å². The molecule has 0 radical (unpaired) electrons. The maximum Gasteiger partial charge on any atom is 0.330 e. The predicted molar refractivity (Wildman–Crippen MR) is 76.1 cm³/mol. The van der Waals surface area contributed by atoms with Gasteiger partial charge in [-0.3, -0.25) is 9.59 Å². The van der Waals surface area contributed by atoms with E-state index in [4.69, 9.17) is 9.57 Å². The van der Waals surface area contributed by atoms with Crippen LogP contribution in [-0.2, 0) is 24.0 Å². The van der Waals surface area contributed by atoms with Crippen LogP contribution in [0.15, 0.2) is 0 Å². The fourth-order valence-corrected chi connectivity index (χ4v) is 2.02. The highest BCUT2D eigenvalue weighted by Crippen LogP contribution is 2.22. The average Bonchev–Trinajstić information content (AvgIpc) is 2.38. The number of nitrogens with zero attached hydrogens (tertiary/aromatic N) is 1. The molecule has 0 N–H and O–H groups in total. The monoisotopic (exact) mass is 299 g/mol. The predicted octanol–water partition coefficient (Wildman–Crippen LogP) is 1.72. The zero-order chi connectivity index (χ0) is 16.0. The van der Waals surface area contributed by atoms with Crippen molar-refractivity contribution in [3.8, 4) is 0 Å². The normalized spacial score (nSPS) is 17.3. The average molecular weight is 299 g/mol. The standard InChI is InChI=1S/C15H25NO5/c1-5-20-13(18)10-12(17)11-6-8-16(9-7-11)21-14(19)15(2,3)4/h11H,5-10H2,1-4H3. The van der Waals surface area contributed by atoms with E-state index < -0.39 is 11.4 Å². The summed E-state index contributed by atoms with van der Waals surface area (Å²) in [5.74, 6) is -0.989. The number of ether oxygens (including phenoxy) is 1. The van der Waals surface area contributed by atoms with Crippen LogP contribution in [0.2, 0.25) is 0 Å². The molecule has 1 heterocycles. The second-order valence-electron chi connectivity index (χ2n) is 6.28. The van der Waals surface area contributed by atoms with Crippen molar-refractivity contribution in [3.05, 3.63) is 0 Å². The highest BCUT2D eigenvalue weighted by molar-refractivity contribution is 5.96. The van der Waals surface area contributed by atoms with Gasteiger partial charge >= 0.3 is 11.9 Å². The molecule has 1 aliphatic heterocycles. The summed E-state index contributed by atoms with van der Waals surface area (Å²) in [6.45, 7) is 8.42. The number of carbonyl (C=O) groups is 3. The number of carbonyl (C=O) groups excluding carboxylic acids is 3. The molecular weight excluding hydrogens is 274 g/mol. The molecule has 1 rings (SSSR count). The van der Waals surface area contributed by atoms with Crippen LogP contribution in [0.3, 0.4) is 0 Å². The lowest BCUT2D eigenvalue weighted by molar-refractivity contribution is -0.205.